The van der Waals surface area contributed by atoms with Gasteiger partial charge in [0, 0.05) is 10.6 Å². The third kappa shape index (κ3) is 3.98. The van der Waals surface area contributed by atoms with E-state index in [1.165, 1.54) is 12.8 Å². The Kier molecular flexibility index (Phi) is 4.23. The van der Waals surface area contributed by atoms with E-state index in [9.17, 15) is 8.42 Å². The highest BCUT2D eigenvalue weighted by Gasteiger charge is 2.23. The van der Waals surface area contributed by atoms with Gasteiger partial charge in [0.25, 0.3) is 0 Å². The quantitative estimate of drug-likeness (QED) is 0.734. The first kappa shape index (κ1) is 11.5. The van der Waals surface area contributed by atoms with Gasteiger partial charge in [-0.15, -0.1) is 0 Å². The van der Waals surface area contributed by atoms with Gasteiger partial charge in [-0.2, -0.15) is 0 Å². The topological polar surface area (TPSA) is 34.1 Å². The van der Waals surface area contributed by atoms with Gasteiger partial charge in [-0.1, -0.05) is 22.9 Å². The van der Waals surface area contributed by atoms with Gasteiger partial charge >= 0.3 is 0 Å². The Hall–Kier alpha value is 0.430. The number of alkyl halides is 1. The Morgan fingerprint density at radius 3 is 2.54 bits per heavy atom. The van der Waals surface area contributed by atoms with Crippen molar-refractivity contribution in [1.29, 1.82) is 0 Å². The van der Waals surface area contributed by atoms with Crippen molar-refractivity contribution in [2.45, 2.75) is 37.4 Å². The summed E-state index contributed by atoms with van der Waals surface area (Å²) in [7, 11) is -2.74. The SMILES string of the molecule is CCS(=O)(=O)CCC1CCC(Br)C1. The molecule has 2 atom stereocenters. The first-order valence-corrected chi connectivity index (χ1v) is 7.61. The first-order valence-electron chi connectivity index (χ1n) is 4.88. The van der Waals surface area contributed by atoms with Gasteiger partial charge in [0.05, 0.1) is 5.75 Å². The molecule has 2 nitrogen and oxygen atoms in total. The monoisotopic (exact) mass is 268 g/mol. The summed E-state index contributed by atoms with van der Waals surface area (Å²) in [6.45, 7) is 1.72. The van der Waals surface area contributed by atoms with Gasteiger partial charge in [-0.3, -0.25) is 0 Å². The maximum absolute atomic E-state index is 11.2. The van der Waals surface area contributed by atoms with Gasteiger partial charge in [-0.25, -0.2) is 8.42 Å². The summed E-state index contributed by atoms with van der Waals surface area (Å²) < 4.78 is 22.5. The van der Waals surface area contributed by atoms with Gasteiger partial charge in [0.15, 0.2) is 0 Å². The van der Waals surface area contributed by atoms with E-state index in [4.69, 9.17) is 0 Å². The van der Waals surface area contributed by atoms with Crippen molar-refractivity contribution in [1.82, 2.24) is 0 Å². The summed E-state index contributed by atoms with van der Waals surface area (Å²) in [6.07, 6.45) is 4.41. The molecule has 0 radical (unpaired) electrons. The van der Waals surface area contributed by atoms with Crippen molar-refractivity contribution in [2.75, 3.05) is 11.5 Å². The van der Waals surface area contributed by atoms with E-state index in [1.807, 2.05) is 0 Å². The molecule has 0 heterocycles. The molecule has 0 aromatic carbocycles. The van der Waals surface area contributed by atoms with E-state index < -0.39 is 9.84 Å². The van der Waals surface area contributed by atoms with Crippen molar-refractivity contribution >= 4 is 25.8 Å². The average Bonchev–Trinajstić information content (AvgIpc) is 2.48. The molecule has 0 N–H and O–H groups in total. The van der Waals surface area contributed by atoms with Crippen LogP contribution >= 0.6 is 15.9 Å². The summed E-state index contributed by atoms with van der Waals surface area (Å²) in [6, 6.07) is 0. The molecule has 2 unspecified atom stereocenters. The number of hydrogen-bond donors (Lipinski definition) is 0. The average molecular weight is 269 g/mol. The van der Waals surface area contributed by atoms with Gasteiger partial charge in [-0.05, 0) is 31.6 Å². The third-order valence-electron chi connectivity index (χ3n) is 2.75. The maximum atomic E-state index is 11.2. The number of rotatable bonds is 4. The lowest BCUT2D eigenvalue weighted by Gasteiger charge is -2.08. The van der Waals surface area contributed by atoms with Gasteiger partial charge < -0.3 is 0 Å². The van der Waals surface area contributed by atoms with E-state index in [1.54, 1.807) is 6.92 Å². The molecule has 0 aromatic rings. The fourth-order valence-electron chi connectivity index (χ4n) is 1.77. The second-order valence-corrected chi connectivity index (χ2v) is 7.57. The molecule has 0 aromatic heterocycles. The van der Waals surface area contributed by atoms with Crippen LogP contribution in [0.1, 0.15) is 32.6 Å². The van der Waals surface area contributed by atoms with Crippen molar-refractivity contribution in [3.8, 4) is 0 Å². The lowest BCUT2D eigenvalue weighted by Crippen LogP contribution is -2.11. The summed E-state index contributed by atoms with van der Waals surface area (Å²) in [4.78, 5) is 0.627. The molecule has 0 aliphatic heterocycles. The molecule has 0 saturated heterocycles. The minimum Gasteiger partial charge on any atom is -0.229 e. The largest absolute Gasteiger partial charge is 0.229 e. The number of sulfone groups is 1. The standard InChI is InChI=1S/C9H17BrO2S/c1-2-13(11,12)6-5-8-3-4-9(10)7-8/h8-9H,2-7H2,1H3. The predicted octanol–water partition coefficient (Wildman–Crippen LogP) is 2.37. The second-order valence-electron chi connectivity index (χ2n) is 3.80. The van der Waals surface area contributed by atoms with Gasteiger partial charge in [0.2, 0.25) is 0 Å². The summed E-state index contributed by atoms with van der Waals surface area (Å²) >= 11 is 3.57. The van der Waals surface area contributed by atoms with Crippen molar-refractivity contribution < 1.29 is 8.42 Å². The molecule has 1 rings (SSSR count). The van der Waals surface area contributed by atoms with Gasteiger partial charge in [0.1, 0.15) is 9.84 Å². The highest BCUT2D eigenvalue weighted by molar-refractivity contribution is 9.09. The maximum Gasteiger partial charge on any atom is 0.150 e. The fourth-order valence-corrected chi connectivity index (χ4v) is 3.54. The van der Waals surface area contributed by atoms with Crippen molar-refractivity contribution in [3.05, 3.63) is 0 Å². The summed E-state index contributed by atoms with van der Waals surface area (Å²) in [5.74, 6) is 1.30. The van der Waals surface area contributed by atoms with E-state index >= 15 is 0 Å². The van der Waals surface area contributed by atoms with Crippen LogP contribution in [0, 0.1) is 5.92 Å². The zero-order chi connectivity index (χ0) is 9.90. The van der Waals surface area contributed by atoms with E-state index in [0.717, 1.165) is 12.8 Å². The Bertz CT molecular complexity index is 248. The molecular formula is C9H17BrO2S. The minimum absolute atomic E-state index is 0.289. The Labute approximate surface area is 89.1 Å². The van der Waals surface area contributed by atoms with E-state index in [-0.39, 0.29) is 5.75 Å². The van der Waals surface area contributed by atoms with E-state index in [0.29, 0.717) is 16.5 Å². The number of hydrogen-bond acceptors (Lipinski definition) is 2. The van der Waals surface area contributed by atoms with Crippen molar-refractivity contribution in [3.63, 3.8) is 0 Å². The molecule has 78 valence electrons. The fraction of sp³-hybridized carbons (Fsp3) is 1.00. The molecule has 1 saturated carbocycles. The van der Waals surface area contributed by atoms with Crippen molar-refractivity contribution in [2.24, 2.45) is 5.92 Å². The summed E-state index contributed by atoms with van der Waals surface area (Å²) in [5, 5.41) is 0. The second kappa shape index (κ2) is 4.78. The lowest BCUT2D eigenvalue weighted by atomic mass is 10.1. The molecule has 1 aliphatic carbocycles. The lowest BCUT2D eigenvalue weighted by molar-refractivity contribution is 0.523. The molecular weight excluding hydrogens is 252 g/mol. The Morgan fingerprint density at radius 2 is 2.08 bits per heavy atom. The normalized spacial score (nSPS) is 29.4. The van der Waals surface area contributed by atoms with Crippen LogP contribution in [0.15, 0.2) is 0 Å². The third-order valence-corrected chi connectivity index (χ3v) is 5.32. The molecule has 1 fully saturated rings. The molecule has 13 heavy (non-hydrogen) atoms. The molecule has 0 bridgehead atoms. The summed E-state index contributed by atoms with van der Waals surface area (Å²) in [5.41, 5.74) is 0. The van der Waals surface area contributed by atoms with Crippen LogP contribution in [0.4, 0.5) is 0 Å². The van der Waals surface area contributed by atoms with Crippen LogP contribution in [-0.4, -0.2) is 24.8 Å². The highest BCUT2D eigenvalue weighted by atomic mass is 79.9. The van der Waals surface area contributed by atoms with Crippen LogP contribution < -0.4 is 0 Å². The zero-order valence-corrected chi connectivity index (χ0v) is 10.4. The van der Waals surface area contributed by atoms with Crippen LogP contribution in [0.25, 0.3) is 0 Å². The molecule has 0 spiro atoms. The van der Waals surface area contributed by atoms with Crippen LogP contribution in [0.5, 0.6) is 0 Å². The molecule has 1 aliphatic rings. The smallest absolute Gasteiger partial charge is 0.150 e. The van der Waals surface area contributed by atoms with E-state index in [2.05, 4.69) is 15.9 Å². The van der Waals surface area contributed by atoms with Crippen LogP contribution in [0.2, 0.25) is 0 Å². The predicted molar refractivity (Wildman–Crippen MR) is 59.0 cm³/mol. The Balaban J connectivity index is 2.27. The highest BCUT2D eigenvalue weighted by Crippen LogP contribution is 2.32. The first-order chi connectivity index (χ1) is 6.03. The Morgan fingerprint density at radius 1 is 1.38 bits per heavy atom. The van der Waals surface area contributed by atoms with Crippen LogP contribution in [-0.2, 0) is 9.84 Å². The molecule has 0 amide bonds. The number of halogens is 1. The van der Waals surface area contributed by atoms with Crippen LogP contribution in [0.3, 0.4) is 0 Å². The zero-order valence-electron chi connectivity index (χ0n) is 8.00. The minimum atomic E-state index is -2.74. The molecule has 4 heteroatoms.